The molecule has 0 saturated heterocycles. The fraction of sp³-hybridized carbons (Fsp3) is 0.810. The van der Waals surface area contributed by atoms with Crippen molar-refractivity contribution in [2.75, 3.05) is 0 Å². The predicted molar refractivity (Wildman–Crippen MR) is 104 cm³/mol. The van der Waals surface area contributed by atoms with Crippen molar-refractivity contribution >= 4 is 0 Å². The molecule has 0 aliphatic rings. The largest absolute Gasteiger partial charge is 0.391 e. The van der Waals surface area contributed by atoms with Gasteiger partial charge < -0.3 is 0 Å². The molecule has 0 radical (unpaired) electrons. The van der Waals surface area contributed by atoms with E-state index in [1.54, 1.807) is 13.0 Å². The maximum atomic E-state index is 13.4. The van der Waals surface area contributed by atoms with Crippen LogP contribution in [0.5, 0.6) is 0 Å². The summed E-state index contributed by atoms with van der Waals surface area (Å²) in [5.74, 6) is -0.824. The van der Waals surface area contributed by atoms with E-state index in [-0.39, 0.29) is 18.4 Å². The highest BCUT2D eigenvalue weighted by atomic mass is 19.4. The van der Waals surface area contributed by atoms with E-state index in [0.29, 0.717) is 24.5 Å². The molecule has 0 aromatic carbocycles. The number of nitrogens with one attached hydrogen (secondary N) is 1. The van der Waals surface area contributed by atoms with E-state index in [1.807, 2.05) is 6.92 Å². The van der Waals surface area contributed by atoms with Crippen LogP contribution in [0.25, 0.3) is 0 Å². The van der Waals surface area contributed by atoms with Crippen molar-refractivity contribution in [1.82, 2.24) is 10.2 Å². The molecule has 0 amide bonds. The van der Waals surface area contributed by atoms with Gasteiger partial charge in [-0.25, -0.2) is 5.10 Å². The number of hydrogen-bond donors (Lipinski definition) is 1. The highest BCUT2D eigenvalue weighted by Gasteiger charge is 2.41. The highest BCUT2D eigenvalue weighted by Crippen LogP contribution is 2.41. The van der Waals surface area contributed by atoms with Gasteiger partial charge in [-0.2, -0.15) is 18.3 Å². The molecule has 1 heterocycles. The fourth-order valence-corrected chi connectivity index (χ4v) is 4.13. The number of nitrogens with zero attached hydrogens (tertiary/aromatic N) is 1. The van der Waals surface area contributed by atoms with Gasteiger partial charge in [-0.05, 0) is 37.7 Å². The standard InChI is InChI=1S/C21H35F3N2O/c1-5-8-16(9-6-2)15-20(4,18-11-12-19(27)26-25-18)14-13-17(10-7-3)21(22,23)24/h11-12,16-17H,5-10,13-15H2,1-4H3,(H,26,27). The van der Waals surface area contributed by atoms with Crippen molar-refractivity contribution in [2.45, 2.75) is 97.1 Å². The first-order chi connectivity index (χ1) is 12.7. The van der Waals surface area contributed by atoms with Crippen LogP contribution in [-0.2, 0) is 5.41 Å². The first kappa shape index (κ1) is 23.7. The SMILES string of the molecule is CCCC(CCC)CC(C)(CCC(CCC)C(F)(F)F)c1ccc(=O)[nH]n1. The van der Waals surface area contributed by atoms with Gasteiger partial charge in [0.15, 0.2) is 0 Å². The molecule has 156 valence electrons. The number of halogens is 3. The molecule has 0 saturated carbocycles. The van der Waals surface area contributed by atoms with Gasteiger partial charge in [0.1, 0.15) is 0 Å². The third-order valence-corrected chi connectivity index (χ3v) is 5.58. The molecule has 0 spiro atoms. The summed E-state index contributed by atoms with van der Waals surface area (Å²) in [6.07, 6.45) is 2.06. The number of hydrogen-bond acceptors (Lipinski definition) is 2. The van der Waals surface area contributed by atoms with Gasteiger partial charge in [0, 0.05) is 11.5 Å². The Morgan fingerprint density at radius 3 is 2.04 bits per heavy atom. The maximum absolute atomic E-state index is 13.4. The lowest BCUT2D eigenvalue weighted by Crippen LogP contribution is -2.31. The zero-order valence-electron chi connectivity index (χ0n) is 17.2. The second-order valence-corrected chi connectivity index (χ2v) is 8.08. The first-order valence-electron chi connectivity index (χ1n) is 10.3. The summed E-state index contributed by atoms with van der Waals surface area (Å²) in [7, 11) is 0. The molecule has 0 fully saturated rings. The Hall–Kier alpha value is -1.33. The minimum absolute atomic E-state index is 0.0968. The van der Waals surface area contributed by atoms with Crippen LogP contribution in [0.3, 0.4) is 0 Å². The monoisotopic (exact) mass is 388 g/mol. The number of aromatic amines is 1. The molecule has 0 bridgehead atoms. The van der Waals surface area contributed by atoms with Gasteiger partial charge in [0.2, 0.25) is 0 Å². The van der Waals surface area contributed by atoms with Gasteiger partial charge in [0.05, 0.1) is 11.6 Å². The third-order valence-electron chi connectivity index (χ3n) is 5.58. The highest BCUT2D eigenvalue weighted by molar-refractivity contribution is 5.14. The third kappa shape index (κ3) is 7.67. The molecule has 6 heteroatoms. The molecule has 2 atom stereocenters. The van der Waals surface area contributed by atoms with E-state index in [9.17, 15) is 18.0 Å². The van der Waals surface area contributed by atoms with Crippen molar-refractivity contribution in [3.8, 4) is 0 Å². The molecular formula is C21H35F3N2O. The molecule has 1 N–H and O–H groups in total. The van der Waals surface area contributed by atoms with E-state index in [0.717, 1.165) is 32.1 Å². The predicted octanol–water partition coefficient (Wildman–Crippen LogP) is 6.39. The summed E-state index contributed by atoms with van der Waals surface area (Å²) < 4.78 is 40.1. The lowest BCUT2D eigenvalue weighted by molar-refractivity contribution is -0.179. The quantitative estimate of drug-likeness (QED) is 0.451. The van der Waals surface area contributed by atoms with Crippen LogP contribution in [0.2, 0.25) is 0 Å². The van der Waals surface area contributed by atoms with Gasteiger partial charge in [-0.15, -0.1) is 0 Å². The van der Waals surface area contributed by atoms with Crippen LogP contribution < -0.4 is 5.56 Å². The van der Waals surface area contributed by atoms with Crippen molar-refractivity contribution in [3.63, 3.8) is 0 Å². The summed E-state index contributed by atoms with van der Waals surface area (Å²) >= 11 is 0. The van der Waals surface area contributed by atoms with Crippen molar-refractivity contribution < 1.29 is 13.2 Å². The minimum Gasteiger partial charge on any atom is -0.268 e. The summed E-state index contributed by atoms with van der Waals surface area (Å²) in [4.78, 5) is 11.4. The summed E-state index contributed by atoms with van der Waals surface area (Å²) in [6, 6.07) is 3.10. The Balaban J connectivity index is 3.08. The van der Waals surface area contributed by atoms with Crippen LogP contribution in [0.1, 0.15) is 91.2 Å². The van der Waals surface area contributed by atoms with E-state index in [1.165, 1.54) is 6.07 Å². The van der Waals surface area contributed by atoms with Crippen LogP contribution in [0, 0.1) is 11.8 Å². The molecule has 0 aliphatic carbocycles. The second kappa shape index (κ2) is 10.9. The lowest BCUT2D eigenvalue weighted by atomic mass is 9.71. The number of aromatic nitrogens is 2. The topological polar surface area (TPSA) is 45.8 Å². The normalized spacial score (nSPS) is 15.7. The van der Waals surface area contributed by atoms with E-state index in [2.05, 4.69) is 24.0 Å². The van der Waals surface area contributed by atoms with E-state index >= 15 is 0 Å². The Labute approximate surface area is 161 Å². The summed E-state index contributed by atoms with van der Waals surface area (Å²) in [5.41, 5.74) is -0.0770. The molecule has 1 aromatic heterocycles. The zero-order chi connectivity index (χ0) is 20.5. The molecule has 3 nitrogen and oxygen atoms in total. The molecule has 1 aromatic rings. The van der Waals surface area contributed by atoms with Crippen LogP contribution in [0.15, 0.2) is 16.9 Å². The van der Waals surface area contributed by atoms with Crippen LogP contribution in [0.4, 0.5) is 13.2 Å². The number of H-pyrrole nitrogens is 1. The molecule has 2 unspecified atom stereocenters. The average Bonchev–Trinajstić information content (AvgIpc) is 2.58. The molecule has 1 rings (SSSR count). The second-order valence-electron chi connectivity index (χ2n) is 8.08. The Morgan fingerprint density at radius 2 is 1.59 bits per heavy atom. The van der Waals surface area contributed by atoms with Gasteiger partial charge in [-0.1, -0.05) is 59.8 Å². The summed E-state index contributed by atoms with van der Waals surface area (Å²) in [5, 5.41) is 6.65. The lowest BCUT2D eigenvalue weighted by Gasteiger charge is -2.34. The van der Waals surface area contributed by atoms with E-state index in [4.69, 9.17) is 0 Å². The maximum Gasteiger partial charge on any atom is 0.391 e. The summed E-state index contributed by atoms with van der Waals surface area (Å²) in [6.45, 7) is 8.07. The van der Waals surface area contributed by atoms with Gasteiger partial charge in [0.25, 0.3) is 5.56 Å². The van der Waals surface area contributed by atoms with Crippen LogP contribution >= 0.6 is 0 Å². The van der Waals surface area contributed by atoms with Gasteiger partial charge >= 0.3 is 6.18 Å². The average molecular weight is 389 g/mol. The van der Waals surface area contributed by atoms with Crippen molar-refractivity contribution in [3.05, 3.63) is 28.2 Å². The Kier molecular flexibility index (Phi) is 9.54. The molecule has 0 aliphatic heterocycles. The zero-order valence-corrected chi connectivity index (χ0v) is 17.2. The first-order valence-corrected chi connectivity index (χ1v) is 10.3. The smallest absolute Gasteiger partial charge is 0.268 e. The minimum atomic E-state index is -4.17. The molecule has 27 heavy (non-hydrogen) atoms. The number of rotatable bonds is 12. The van der Waals surface area contributed by atoms with Crippen molar-refractivity contribution in [2.24, 2.45) is 11.8 Å². The van der Waals surface area contributed by atoms with Crippen molar-refractivity contribution in [1.29, 1.82) is 0 Å². The van der Waals surface area contributed by atoms with E-state index < -0.39 is 17.5 Å². The fourth-order valence-electron chi connectivity index (χ4n) is 4.13. The Morgan fingerprint density at radius 1 is 1.00 bits per heavy atom. The Bertz CT molecular complexity index is 573. The van der Waals surface area contributed by atoms with Crippen LogP contribution in [-0.4, -0.2) is 16.4 Å². The molecular weight excluding hydrogens is 353 g/mol. The van der Waals surface area contributed by atoms with Gasteiger partial charge in [-0.3, -0.25) is 4.79 Å². The number of alkyl halides is 3.